The van der Waals surface area contributed by atoms with Crippen LogP contribution in [0.25, 0.3) is 0 Å². The average molecular weight is 333 g/mol. The Hall–Kier alpha value is -2.55. The number of benzene rings is 1. The van der Waals surface area contributed by atoms with E-state index < -0.39 is 10.8 Å². The first-order chi connectivity index (χ1) is 11.0. The highest BCUT2D eigenvalue weighted by atomic mass is 32.1. The number of rotatable bonds is 4. The zero-order valence-corrected chi connectivity index (χ0v) is 13.3. The molecular formula is C14H15N5O3S. The Morgan fingerprint density at radius 1 is 1.35 bits per heavy atom. The quantitative estimate of drug-likeness (QED) is 0.681. The second kappa shape index (κ2) is 6.29. The first-order valence-corrected chi connectivity index (χ1v) is 8.01. The molecule has 0 aliphatic carbocycles. The van der Waals surface area contributed by atoms with Crippen LogP contribution in [0, 0.1) is 17.0 Å². The summed E-state index contributed by atoms with van der Waals surface area (Å²) < 4.78 is 0. The van der Waals surface area contributed by atoms with Crippen LogP contribution >= 0.6 is 11.3 Å². The molecule has 1 aromatic heterocycles. The Morgan fingerprint density at radius 3 is 2.70 bits per heavy atom. The molecule has 3 rings (SSSR count). The van der Waals surface area contributed by atoms with Crippen LogP contribution < -0.4 is 10.2 Å². The molecule has 1 aliphatic rings. The van der Waals surface area contributed by atoms with Crippen molar-refractivity contribution < 1.29 is 9.72 Å². The van der Waals surface area contributed by atoms with E-state index in [9.17, 15) is 14.9 Å². The first-order valence-electron chi connectivity index (χ1n) is 7.19. The van der Waals surface area contributed by atoms with Gasteiger partial charge in [0, 0.05) is 25.2 Å². The number of nitrogens with one attached hydrogen (secondary N) is 1. The van der Waals surface area contributed by atoms with Crippen molar-refractivity contribution in [3.63, 3.8) is 0 Å². The largest absolute Gasteiger partial charge is 0.371 e. The van der Waals surface area contributed by atoms with Crippen molar-refractivity contribution in [1.29, 1.82) is 0 Å². The molecule has 2 aromatic rings. The maximum atomic E-state index is 12.6. The molecule has 1 amide bonds. The Balaban J connectivity index is 1.94. The summed E-state index contributed by atoms with van der Waals surface area (Å²) in [5, 5.41) is 22.5. The summed E-state index contributed by atoms with van der Waals surface area (Å²) >= 11 is 1.26. The minimum Gasteiger partial charge on any atom is -0.371 e. The molecule has 0 saturated carbocycles. The number of aryl methyl sites for hydroxylation is 1. The topological polar surface area (TPSA) is 101 Å². The summed E-state index contributed by atoms with van der Waals surface area (Å²) in [5.74, 6) is -0.410. The zero-order valence-electron chi connectivity index (χ0n) is 12.5. The Morgan fingerprint density at radius 2 is 2.09 bits per heavy atom. The standard InChI is InChI=1S/C14H15N5O3S/c1-9-16-17-14(23-9)15-13(20)11-8-10(19(21)22)4-5-12(11)18-6-2-3-7-18/h4-5,8H,2-3,6-7H2,1H3,(H,15,17,20). The van der Waals surface area contributed by atoms with Crippen molar-refractivity contribution in [2.75, 3.05) is 23.3 Å². The monoisotopic (exact) mass is 333 g/mol. The third-order valence-corrected chi connectivity index (χ3v) is 4.38. The van der Waals surface area contributed by atoms with Crippen molar-refractivity contribution in [3.05, 3.63) is 38.9 Å². The molecule has 0 bridgehead atoms. The van der Waals surface area contributed by atoms with E-state index in [1.165, 1.54) is 23.5 Å². The number of anilines is 2. The number of hydrogen-bond acceptors (Lipinski definition) is 7. The maximum absolute atomic E-state index is 12.6. The highest BCUT2D eigenvalue weighted by Gasteiger charge is 2.23. The molecule has 23 heavy (non-hydrogen) atoms. The van der Waals surface area contributed by atoms with Gasteiger partial charge in [0.25, 0.3) is 11.6 Å². The van der Waals surface area contributed by atoms with Gasteiger partial charge in [-0.15, -0.1) is 10.2 Å². The third kappa shape index (κ3) is 3.29. The maximum Gasteiger partial charge on any atom is 0.270 e. The van der Waals surface area contributed by atoms with Crippen molar-refractivity contribution in [2.45, 2.75) is 19.8 Å². The van der Waals surface area contributed by atoms with Crippen LogP contribution in [0.1, 0.15) is 28.2 Å². The normalized spacial score (nSPS) is 14.0. The van der Waals surface area contributed by atoms with E-state index in [0.717, 1.165) is 30.9 Å². The van der Waals surface area contributed by atoms with Crippen LogP contribution in [0.2, 0.25) is 0 Å². The number of carbonyl (C=O) groups is 1. The van der Waals surface area contributed by atoms with Crippen LogP contribution in [0.4, 0.5) is 16.5 Å². The molecule has 0 unspecified atom stereocenters. The van der Waals surface area contributed by atoms with E-state index in [1.54, 1.807) is 13.0 Å². The van der Waals surface area contributed by atoms with Gasteiger partial charge in [0.05, 0.1) is 16.2 Å². The number of amides is 1. The molecule has 0 atom stereocenters. The van der Waals surface area contributed by atoms with E-state index in [0.29, 0.717) is 10.8 Å². The highest BCUT2D eigenvalue weighted by molar-refractivity contribution is 7.15. The second-order valence-corrected chi connectivity index (χ2v) is 6.41. The Bertz CT molecular complexity index is 755. The Labute approximate surface area is 136 Å². The van der Waals surface area contributed by atoms with Gasteiger partial charge in [0.1, 0.15) is 5.01 Å². The van der Waals surface area contributed by atoms with E-state index in [4.69, 9.17) is 0 Å². The fraction of sp³-hybridized carbons (Fsp3) is 0.357. The fourth-order valence-corrected chi connectivity index (χ4v) is 3.15. The van der Waals surface area contributed by atoms with Gasteiger partial charge in [-0.3, -0.25) is 20.2 Å². The molecule has 1 aromatic carbocycles. The van der Waals surface area contributed by atoms with Crippen LogP contribution in [-0.4, -0.2) is 34.1 Å². The summed E-state index contributed by atoms with van der Waals surface area (Å²) in [7, 11) is 0. The summed E-state index contributed by atoms with van der Waals surface area (Å²) in [6, 6.07) is 4.39. The van der Waals surface area contributed by atoms with Crippen molar-refractivity contribution in [3.8, 4) is 0 Å². The Kier molecular flexibility index (Phi) is 4.20. The molecule has 9 heteroatoms. The summed E-state index contributed by atoms with van der Waals surface area (Å²) in [6.07, 6.45) is 2.10. The predicted molar refractivity (Wildman–Crippen MR) is 87.1 cm³/mol. The van der Waals surface area contributed by atoms with E-state index in [-0.39, 0.29) is 11.3 Å². The van der Waals surface area contributed by atoms with Gasteiger partial charge >= 0.3 is 0 Å². The summed E-state index contributed by atoms with van der Waals surface area (Å²) in [6.45, 7) is 3.47. The molecule has 1 saturated heterocycles. The lowest BCUT2D eigenvalue weighted by molar-refractivity contribution is -0.384. The van der Waals surface area contributed by atoms with Gasteiger partial charge in [-0.25, -0.2) is 0 Å². The minimum absolute atomic E-state index is 0.105. The van der Waals surface area contributed by atoms with Crippen molar-refractivity contribution >= 4 is 33.8 Å². The molecule has 1 N–H and O–H groups in total. The van der Waals surface area contributed by atoms with E-state index >= 15 is 0 Å². The molecular weight excluding hydrogens is 318 g/mol. The third-order valence-electron chi connectivity index (χ3n) is 3.63. The lowest BCUT2D eigenvalue weighted by Gasteiger charge is -2.20. The van der Waals surface area contributed by atoms with E-state index in [2.05, 4.69) is 20.4 Å². The molecule has 1 fully saturated rings. The number of carbonyl (C=O) groups excluding carboxylic acids is 1. The number of nitrogens with zero attached hydrogens (tertiary/aromatic N) is 4. The van der Waals surface area contributed by atoms with Crippen molar-refractivity contribution in [1.82, 2.24) is 10.2 Å². The first kappa shape index (κ1) is 15.3. The molecule has 0 spiro atoms. The SMILES string of the molecule is Cc1nnc(NC(=O)c2cc([N+](=O)[O-])ccc2N2CCCC2)s1. The molecule has 2 heterocycles. The van der Waals surface area contributed by atoms with Crippen LogP contribution in [-0.2, 0) is 0 Å². The van der Waals surface area contributed by atoms with E-state index in [1.807, 2.05) is 0 Å². The average Bonchev–Trinajstić information content (AvgIpc) is 3.18. The summed E-state index contributed by atoms with van der Waals surface area (Å²) in [4.78, 5) is 25.1. The second-order valence-electron chi connectivity index (χ2n) is 5.23. The number of aromatic nitrogens is 2. The van der Waals surface area contributed by atoms with Gasteiger partial charge in [-0.05, 0) is 25.8 Å². The molecule has 0 radical (unpaired) electrons. The molecule has 8 nitrogen and oxygen atoms in total. The van der Waals surface area contributed by atoms with Crippen molar-refractivity contribution in [2.24, 2.45) is 0 Å². The van der Waals surface area contributed by atoms with Gasteiger partial charge in [-0.1, -0.05) is 11.3 Å². The minimum atomic E-state index is -0.500. The lowest BCUT2D eigenvalue weighted by Crippen LogP contribution is -2.23. The molecule has 1 aliphatic heterocycles. The van der Waals surface area contributed by atoms with Gasteiger partial charge in [0.2, 0.25) is 5.13 Å². The lowest BCUT2D eigenvalue weighted by atomic mass is 10.1. The predicted octanol–water partition coefficient (Wildman–Crippen LogP) is 2.61. The van der Waals surface area contributed by atoms with Gasteiger partial charge in [0.15, 0.2) is 0 Å². The van der Waals surface area contributed by atoms with Crippen LogP contribution in [0.15, 0.2) is 18.2 Å². The number of non-ortho nitro benzene ring substituents is 1. The van der Waals surface area contributed by atoms with Gasteiger partial charge in [-0.2, -0.15) is 0 Å². The van der Waals surface area contributed by atoms with Gasteiger partial charge < -0.3 is 4.90 Å². The van der Waals surface area contributed by atoms with Crippen LogP contribution in [0.5, 0.6) is 0 Å². The highest BCUT2D eigenvalue weighted by Crippen LogP contribution is 2.29. The molecule has 120 valence electrons. The fourth-order valence-electron chi connectivity index (χ4n) is 2.56. The smallest absolute Gasteiger partial charge is 0.270 e. The van der Waals surface area contributed by atoms with Crippen LogP contribution in [0.3, 0.4) is 0 Å². The number of hydrogen-bond donors (Lipinski definition) is 1. The number of nitro groups is 1. The number of nitro benzene ring substituents is 1. The zero-order chi connectivity index (χ0) is 16.4. The summed E-state index contributed by atoms with van der Waals surface area (Å²) in [5.41, 5.74) is 0.896.